The van der Waals surface area contributed by atoms with Gasteiger partial charge >= 0.3 is 6.01 Å². The monoisotopic (exact) mass is 284 g/mol. The molecule has 7 nitrogen and oxygen atoms in total. The highest BCUT2D eigenvalue weighted by molar-refractivity contribution is 5.76. The third-order valence-corrected chi connectivity index (χ3v) is 2.84. The van der Waals surface area contributed by atoms with E-state index in [2.05, 4.69) is 25.3 Å². The van der Waals surface area contributed by atoms with Crippen LogP contribution >= 0.6 is 0 Å². The third kappa shape index (κ3) is 2.62. The summed E-state index contributed by atoms with van der Waals surface area (Å²) < 4.78 is 7.38. The number of ether oxygens (including phenoxy) is 1. The van der Waals surface area contributed by atoms with E-state index in [9.17, 15) is 0 Å². The fourth-order valence-electron chi connectivity index (χ4n) is 1.95. The summed E-state index contributed by atoms with van der Waals surface area (Å²) >= 11 is 0. The number of fused-ring (bicyclic) bond motifs is 1. The van der Waals surface area contributed by atoms with E-state index in [-0.39, 0.29) is 12.1 Å². The molecule has 0 saturated carbocycles. The Kier molecular flexibility index (Phi) is 3.39. The average molecular weight is 284 g/mol. The van der Waals surface area contributed by atoms with Gasteiger partial charge in [-0.1, -0.05) is 12.1 Å². The van der Waals surface area contributed by atoms with E-state index >= 15 is 0 Å². The summed E-state index contributed by atoms with van der Waals surface area (Å²) in [4.78, 5) is 17.2. The lowest BCUT2D eigenvalue weighted by Crippen LogP contribution is -2.12. The van der Waals surface area contributed by atoms with Crippen LogP contribution in [0.2, 0.25) is 0 Å². The van der Waals surface area contributed by atoms with Gasteiger partial charge in [-0.15, -0.1) is 0 Å². The lowest BCUT2D eigenvalue weighted by Gasteiger charge is -2.10. The summed E-state index contributed by atoms with van der Waals surface area (Å²) in [6.07, 6.45) is 1.68. The third-order valence-electron chi connectivity index (χ3n) is 2.84. The highest BCUT2D eigenvalue weighted by Gasteiger charge is 2.12. The molecule has 0 spiro atoms. The minimum Gasteiger partial charge on any atom is -0.461 e. The smallest absolute Gasteiger partial charge is 0.323 e. The fourth-order valence-corrected chi connectivity index (χ4v) is 1.95. The number of imidazole rings is 1. The molecule has 2 aromatic heterocycles. The van der Waals surface area contributed by atoms with E-state index in [0.717, 1.165) is 11.0 Å². The Balaban J connectivity index is 2.12. The summed E-state index contributed by atoms with van der Waals surface area (Å²) in [6.45, 7) is 3.85. The predicted octanol–water partition coefficient (Wildman–Crippen LogP) is 2.04. The number of benzene rings is 1. The summed E-state index contributed by atoms with van der Waals surface area (Å²) in [7, 11) is 1.75. The predicted molar refractivity (Wildman–Crippen MR) is 79.8 cm³/mol. The zero-order valence-corrected chi connectivity index (χ0v) is 12.1. The molecule has 0 amide bonds. The highest BCUT2D eigenvalue weighted by atomic mass is 16.5. The number of anilines is 1. The number of hydrogen-bond acceptors (Lipinski definition) is 6. The molecular formula is C14H16N6O. The van der Waals surface area contributed by atoms with Crippen LogP contribution in [-0.4, -0.2) is 37.7 Å². The van der Waals surface area contributed by atoms with Gasteiger partial charge in [0, 0.05) is 7.05 Å². The number of nitrogens with one attached hydrogen (secondary N) is 1. The molecule has 0 radical (unpaired) electrons. The number of aromatic nitrogens is 5. The maximum absolute atomic E-state index is 5.57. The molecule has 0 aliphatic rings. The molecule has 0 unspecified atom stereocenters. The summed E-state index contributed by atoms with van der Waals surface area (Å²) in [5.74, 6) is 0.923. The molecular weight excluding hydrogens is 268 g/mol. The van der Waals surface area contributed by atoms with Gasteiger partial charge in [0.1, 0.15) is 6.33 Å². The summed E-state index contributed by atoms with van der Waals surface area (Å²) in [5.41, 5.74) is 1.82. The Morgan fingerprint density at radius 3 is 2.71 bits per heavy atom. The minimum atomic E-state index is -0.00973. The van der Waals surface area contributed by atoms with E-state index in [1.165, 1.54) is 0 Å². The van der Waals surface area contributed by atoms with Crippen molar-refractivity contribution in [1.82, 2.24) is 24.5 Å². The van der Waals surface area contributed by atoms with Crippen molar-refractivity contribution in [3.63, 3.8) is 0 Å². The first-order chi connectivity index (χ1) is 10.2. The lowest BCUT2D eigenvalue weighted by molar-refractivity contribution is 0.221. The van der Waals surface area contributed by atoms with Gasteiger partial charge in [-0.3, -0.25) is 4.57 Å². The Morgan fingerprint density at radius 1 is 1.14 bits per heavy atom. The largest absolute Gasteiger partial charge is 0.461 e. The Hall–Kier alpha value is -2.70. The molecule has 0 aliphatic carbocycles. The van der Waals surface area contributed by atoms with Crippen molar-refractivity contribution in [3.8, 4) is 12.0 Å². The molecule has 21 heavy (non-hydrogen) atoms. The molecule has 0 atom stereocenters. The van der Waals surface area contributed by atoms with E-state index in [1.807, 2.05) is 42.7 Å². The molecule has 0 saturated heterocycles. The van der Waals surface area contributed by atoms with Crippen LogP contribution in [0, 0.1) is 0 Å². The second-order valence-corrected chi connectivity index (χ2v) is 4.76. The van der Waals surface area contributed by atoms with E-state index < -0.39 is 0 Å². The summed E-state index contributed by atoms with van der Waals surface area (Å²) in [6, 6.07) is 8.09. The van der Waals surface area contributed by atoms with Crippen LogP contribution in [0.5, 0.6) is 6.01 Å². The van der Waals surface area contributed by atoms with Crippen molar-refractivity contribution in [2.75, 3.05) is 12.4 Å². The lowest BCUT2D eigenvalue weighted by atomic mass is 10.3. The van der Waals surface area contributed by atoms with Crippen LogP contribution in [0.25, 0.3) is 17.0 Å². The quantitative estimate of drug-likeness (QED) is 0.790. The number of rotatable bonds is 4. The standard InChI is InChI=1S/C14H16N6O/c1-9(2)21-14-18-12(15-3)17-13(19-14)20-8-16-10-6-4-5-7-11(10)20/h4-9H,1-3H3,(H,15,17,18,19). The van der Waals surface area contributed by atoms with E-state index in [0.29, 0.717) is 11.9 Å². The molecule has 1 aromatic carbocycles. The Labute approximate surface area is 122 Å². The van der Waals surface area contributed by atoms with Gasteiger partial charge < -0.3 is 10.1 Å². The second kappa shape index (κ2) is 5.35. The molecule has 1 N–H and O–H groups in total. The normalized spacial score (nSPS) is 11.0. The SMILES string of the molecule is CNc1nc(OC(C)C)nc(-n2cnc3ccccc32)n1. The first-order valence-electron chi connectivity index (χ1n) is 6.70. The van der Waals surface area contributed by atoms with Gasteiger partial charge in [-0.25, -0.2) is 4.98 Å². The van der Waals surface area contributed by atoms with Crippen LogP contribution in [0.3, 0.4) is 0 Å². The average Bonchev–Trinajstić information content (AvgIpc) is 2.90. The van der Waals surface area contributed by atoms with Gasteiger partial charge in [0.25, 0.3) is 0 Å². The number of nitrogens with zero attached hydrogens (tertiary/aromatic N) is 5. The van der Waals surface area contributed by atoms with E-state index in [1.54, 1.807) is 13.4 Å². The zero-order valence-electron chi connectivity index (χ0n) is 12.1. The fraction of sp³-hybridized carbons (Fsp3) is 0.286. The first-order valence-corrected chi connectivity index (χ1v) is 6.70. The highest BCUT2D eigenvalue weighted by Crippen LogP contribution is 2.18. The Bertz CT molecular complexity index is 767. The minimum absolute atomic E-state index is 0.00973. The molecule has 2 heterocycles. The molecule has 7 heteroatoms. The van der Waals surface area contributed by atoms with Crippen molar-refractivity contribution in [2.24, 2.45) is 0 Å². The topological polar surface area (TPSA) is 77.8 Å². The van der Waals surface area contributed by atoms with Gasteiger partial charge in [-0.2, -0.15) is 15.0 Å². The maximum Gasteiger partial charge on any atom is 0.323 e. The Morgan fingerprint density at radius 2 is 1.95 bits per heavy atom. The van der Waals surface area contributed by atoms with E-state index in [4.69, 9.17) is 4.74 Å². The summed E-state index contributed by atoms with van der Waals surface area (Å²) in [5, 5.41) is 2.92. The van der Waals surface area contributed by atoms with Crippen LogP contribution in [0.15, 0.2) is 30.6 Å². The van der Waals surface area contributed by atoms with Crippen LogP contribution in [0.1, 0.15) is 13.8 Å². The van der Waals surface area contributed by atoms with Gasteiger partial charge in [0.2, 0.25) is 11.9 Å². The second-order valence-electron chi connectivity index (χ2n) is 4.76. The molecule has 3 rings (SSSR count). The molecule has 108 valence electrons. The van der Waals surface area contributed by atoms with Crippen LogP contribution < -0.4 is 10.1 Å². The molecule has 0 bridgehead atoms. The van der Waals surface area contributed by atoms with Gasteiger partial charge in [0.15, 0.2) is 0 Å². The van der Waals surface area contributed by atoms with Crippen molar-refractivity contribution < 1.29 is 4.74 Å². The van der Waals surface area contributed by atoms with Crippen molar-refractivity contribution in [3.05, 3.63) is 30.6 Å². The molecule has 0 fully saturated rings. The molecule has 3 aromatic rings. The van der Waals surface area contributed by atoms with Crippen molar-refractivity contribution >= 4 is 17.0 Å². The first kappa shape index (κ1) is 13.3. The van der Waals surface area contributed by atoms with Crippen LogP contribution in [-0.2, 0) is 0 Å². The van der Waals surface area contributed by atoms with Gasteiger partial charge in [0.05, 0.1) is 17.1 Å². The maximum atomic E-state index is 5.57. The van der Waals surface area contributed by atoms with Gasteiger partial charge in [-0.05, 0) is 26.0 Å². The van der Waals surface area contributed by atoms with Crippen molar-refractivity contribution in [2.45, 2.75) is 20.0 Å². The number of para-hydroxylation sites is 2. The van der Waals surface area contributed by atoms with Crippen LogP contribution in [0.4, 0.5) is 5.95 Å². The number of hydrogen-bond donors (Lipinski definition) is 1. The zero-order chi connectivity index (χ0) is 14.8. The van der Waals surface area contributed by atoms with Crippen molar-refractivity contribution in [1.29, 1.82) is 0 Å². The molecule has 0 aliphatic heterocycles.